The van der Waals surface area contributed by atoms with E-state index in [1.165, 1.54) is 0 Å². The molecule has 3 rings (SSSR count). The maximum Gasteiger partial charge on any atom is 0.345 e. The molecule has 1 fully saturated rings. The van der Waals surface area contributed by atoms with Crippen LogP contribution in [0.1, 0.15) is 24.0 Å². The number of hydroxylamine groups is 2. The summed E-state index contributed by atoms with van der Waals surface area (Å²) in [7, 11) is -3.93. The molecule has 9 heteroatoms. The van der Waals surface area contributed by atoms with E-state index in [2.05, 4.69) is 0 Å². The van der Waals surface area contributed by atoms with Crippen LogP contribution in [0.25, 0.3) is 0 Å². The van der Waals surface area contributed by atoms with Gasteiger partial charge >= 0.3 is 13.6 Å². The third-order valence-electron chi connectivity index (χ3n) is 4.06. The predicted octanol–water partition coefficient (Wildman–Crippen LogP) is 3.22. The fraction of sp³-hybridized carbons (Fsp3) is 0.250. The molecule has 0 aliphatic carbocycles. The lowest BCUT2D eigenvalue weighted by molar-refractivity contribution is -0.195. The van der Waals surface area contributed by atoms with E-state index in [9.17, 15) is 18.9 Å². The number of hydrogen-bond acceptors (Lipinski definition) is 7. The Labute approximate surface area is 167 Å². The highest BCUT2D eigenvalue weighted by atomic mass is 31.2. The largest absolute Gasteiger partial charge is 0.345 e. The Morgan fingerprint density at radius 1 is 0.828 bits per heavy atom. The highest BCUT2D eigenvalue weighted by Gasteiger charge is 2.36. The molecule has 1 saturated heterocycles. The molecule has 1 aliphatic rings. The smallest absolute Gasteiger partial charge is 0.330 e. The van der Waals surface area contributed by atoms with Crippen molar-refractivity contribution >= 4 is 25.4 Å². The Hall–Kier alpha value is -2.80. The molecular formula is C20H20NO7P. The first-order chi connectivity index (χ1) is 14.0. The van der Waals surface area contributed by atoms with Crippen molar-refractivity contribution in [2.45, 2.75) is 26.1 Å². The average Bonchev–Trinajstić information content (AvgIpc) is 3.04. The molecule has 152 valence electrons. The molecule has 8 nitrogen and oxygen atoms in total. The molecule has 0 saturated carbocycles. The van der Waals surface area contributed by atoms with Gasteiger partial charge < -0.3 is 13.9 Å². The van der Waals surface area contributed by atoms with Gasteiger partial charge in [-0.25, -0.2) is 4.79 Å². The summed E-state index contributed by atoms with van der Waals surface area (Å²) in [6.07, 6.45) is -0.790. The van der Waals surface area contributed by atoms with Crippen molar-refractivity contribution in [3.8, 4) is 0 Å². The van der Waals surface area contributed by atoms with Crippen LogP contribution < -0.4 is 0 Å². The SMILES string of the molecule is O=C(CP(=O)(OCc1ccccc1)OCc1ccccc1)ON1C(=O)CCC1=O. The van der Waals surface area contributed by atoms with Crippen LogP contribution in [-0.2, 0) is 46.0 Å². The third kappa shape index (κ3) is 6.09. The molecule has 2 amide bonds. The quantitative estimate of drug-likeness (QED) is 0.456. The first-order valence-corrected chi connectivity index (χ1v) is 10.7. The van der Waals surface area contributed by atoms with E-state index in [0.29, 0.717) is 5.06 Å². The van der Waals surface area contributed by atoms with Crippen molar-refractivity contribution in [3.63, 3.8) is 0 Å². The second-order valence-electron chi connectivity index (χ2n) is 6.33. The number of amides is 2. The van der Waals surface area contributed by atoms with Crippen LogP contribution in [0.2, 0.25) is 0 Å². The summed E-state index contributed by atoms with van der Waals surface area (Å²) in [5.41, 5.74) is 1.49. The van der Waals surface area contributed by atoms with Gasteiger partial charge in [0.2, 0.25) is 0 Å². The highest BCUT2D eigenvalue weighted by Crippen LogP contribution is 2.49. The molecule has 1 heterocycles. The zero-order valence-electron chi connectivity index (χ0n) is 15.6. The van der Waals surface area contributed by atoms with E-state index in [1.807, 2.05) is 12.1 Å². The highest BCUT2D eigenvalue weighted by molar-refractivity contribution is 7.54. The van der Waals surface area contributed by atoms with Crippen molar-refractivity contribution in [1.29, 1.82) is 0 Å². The van der Waals surface area contributed by atoms with Gasteiger partial charge in [0.1, 0.15) is 0 Å². The Bertz CT molecular complexity index is 853. The van der Waals surface area contributed by atoms with Crippen LogP contribution >= 0.6 is 7.60 Å². The number of rotatable bonds is 9. The molecule has 0 N–H and O–H groups in total. The molecule has 0 spiro atoms. The van der Waals surface area contributed by atoms with Crippen LogP contribution in [0.15, 0.2) is 60.7 Å². The second kappa shape index (κ2) is 9.60. The summed E-state index contributed by atoms with van der Waals surface area (Å²) >= 11 is 0. The molecule has 0 atom stereocenters. The molecule has 2 aromatic carbocycles. The van der Waals surface area contributed by atoms with E-state index in [-0.39, 0.29) is 26.1 Å². The Kier molecular flexibility index (Phi) is 6.93. The number of benzene rings is 2. The Morgan fingerprint density at radius 3 is 1.72 bits per heavy atom. The summed E-state index contributed by atoms with van der Waals surface area (Å²) in [5.74, 6) is -2.28. The van der Waals surface area contributed by atoms with Crippen molar-refractivity contribution in [1.82, 2.24) is 5.06 Å². The topological polar surface area (TPSA) is 99.2 Å². The molecule has 0 bridgehead atoms. The van der Waals surface area contributed by atoms with Gasteiger partial charge in [-0.1, -0.05) is 60.7 Å². The number of nitrogens with zero attached hydrogens (tertiary/aromatic N) is 1. The zero-order chi connectivity index (χ0) is 20.7. The summed E-state index contributed by atoms with van der Waals surface area (Å²) in [6, 6.07) is 18.0. The van der Waals surface area contributed by atoms with Crippen LogP contribution in [0.5, 0.6) is 0 Å². The third-order valence-corrected chi connectivity index (χ3v) is 5.75. The summed E-state index contributed by atoms with van der Waals surface area (Å²) in [4.78, 5) is 40.2. The lowest BCUT2D eigenvalue weighted by Gasteiger charge is -2.19. The fourth-order valence-electron chi connectivity index (χ4n) is 2.57. The minimum atomic E-state index is -3.93. The van der Waals surface area contributed by atoms with Crippen molar-refractivity contribution in [2.75, 3.05) is 6.16 Å². The number of carbonyl (C=O) groups is 3. The molecule has 0 radical (unpaired) electrons. The minimum Gasteiger partial charge on any atom is -0.330 e. The molecular weight excluding hydrogens is 397 g/mol. The van der Waals surface area contributed by atoms with Gasteiger partial charge in [0.15, 0.2) is 6.16 Å². The van der Waals surface area contributed by atoms with Crippen LogP contribution in [0, 0.1) is 0 Å². The predicted molar refractivity (Wildman–Crippen MR) is 102 cm³/mol. The maximum atomic E-state index is 13.2. The molecule has 1 aliphatic heterocycles. The van der Waals surface area contributed by atoms with E-state index in [0.717, 1.165) is 11.1 Å². The van der Waals surface area contributed by atoms with Crippen LogP contribution in [0.3, 0.4) is 0 Å². The Balaban J connectivity index is 1.66. The summed E-state index contributed by atoms with van der Waals surface area (Å²) in [6.45, 7) is -0.0798. The van der Waals surface area contributed by atoms with E-state index < -0.39 is 31.5 Å². The van der Waals surface area contributed by atoms with Crippen LogP contribution in [-0.4, -0.2) is 29.0 Å². The zero-order valence-corrected chi connectivity index (χ0v) is 16.5. The summed E-state index contributed by atoms with van der Waals surface area (Å²) < 4.78 is 24.1. The number of imide groups is 1. The Morgan fingerprint density at radius 2 is 1.28 bits per heavy atom. The summed E-state index contributed by atoms with van der Waals surface area (Å²) in [5, 5.41) is 0.404. The molecule has 29 heavy (non-hydrogen) atoms. The molecule has 0 unspecified atom stereocenters. The average molecular weight is 417 g/mol. The lowest BCUT2D eigenvalue weighted by atomic mass is 10.2. The maximum absolute atomic E-state index is 13.2. The monoisotopic (exact) mass is 417 g/mol. The van der Waals surface area contributed by atoms with Gasteiger partial charge in [-0.15, -0.1) is 5.06 Å². The van der Waals surface area contributed by atoms with Gasteiger partial charge in [0, 0.05) is 12.8 Å². The second-order valence-corrected chi connectivity index (χ2v) is 8.39. The van der Waals surface area contributed by atoms with Crippen molar-refractivity contribution in [3.05, 3.63) is 71.8 Å². The lowest BCUT2D eigenvalue weighted by Crippen LogP contribution is -2.33. The van der Waals surface area contributed by atoms with Gasteiger partial charge in [-0.05, 0) is 11.1 Å². The van der Waals surface area contributed by atoms with Crippen molar-refractivity contribution in [2.24, 2.45) is 0 Å². The number of hydrogen-bond donors (Lipinski definition) is 0. The normalized spacial score (nSPS) is 14.3. The van der Waals surface area contributed by atoms with E-state index in [4.69, 9.17) is 13.9 Å². The van der Waals surface area contributed by atoms with Gasteiger partial charge in [-0.3, -0.25) is 14.2 Å². The van der Waals surface area contributed by atoms with Crippen LogP contribution in [0.4, 0.5) is 0 Å². The number of carbonyl (C=O) groups excluding carboxylic acids is 3. The van der Waals surface area contributed by atoms with Crippen molar-refractivity contribution < 1.29 is 32.8 Å². The minimum absolute atomic E-state index is 0.0290. The van der Waals surface area contributed by atoms with Gasteiger partial charge in [-0.2, -0.15) is 0 Å². The molecule has 0 aromatic heterocycles. The first kappa shape index (κ1) is 20.9. The fourth-order valence-corrected chi connectivity index (χ4v) is 3.89. The van der Waals surface area contributed by atoms with E-state index in [1.54, 1.807) is 48.5 Å². The van der Waals surface area contributed by atoms with Gasteiger partial charge in [0.25, 0.3) is 11.8 Å². The molecule has 2 aromatic rings. The first-order valence-electron chi connectivity index (χ1n) is 8.98. The standard InChI is InChI=1S/C20H20NO7P/c22-18-11-12-19(23)21(18)28-20(24)15-29(25,26-13-16-7-3-1-4-8-16)27-14-17-9-5-2-6-10-17/h1-10H,11-15H2. The van der Waals surface area contributed by atoms with E-state index >= 15 is 0 Å². The van der Waals surface area contributed by atoms with Gasteiger partial charge in [0.05, 0.1) is 13.2 Å².